The third-order valence-electron chi connectivity index (χ3n) is 2.99. The molecule has 0 atom stereocenters. The van der Waals surface area contributed by atoms with Crippen LogP contribution in [0.5, 0.6) is 0 Å². The summed E-state index contributed by atoms with van der Waals surface area (Å²) in [7, 11) is -3.74. The van der Waals surface area contributed by atoms with Crippen LogP contribution in [0.1, 0.15) is 64.2 Å². The van der Waals surface area contributed by atoms with Crippen LogP contribution in [0, 0.1) is 0 Å². The Hall–Kier alpha value is -0.130. The van der Waals surface area contributed by atoms with Gasteiger partial charge in [0.1, 0.15) is 0 Å². The molecule has 102 valence electrons. The molecule has 0 saturated carbocycles. The summed E-state index contributed by atoms with van der Waals surface area (Å²) >= 11 is 0. The molecule has 0 aromatic heterocycles. The van der Waals surface area contributed by atoms with E-state index >= 15 is 0 Å². The van der Waals surface area contributed by atoms with Gasteiger partial charge in [-0.25, -0.2) is 8.37 Å². The lowest BCUT2D eigenvalue weighted by Gasteiger charge is -2.05. The summed E-state index contributed by atoms with van der Waals surface area (Å²) in [6, 6.07) is 0. The van der Waals surface area contributed by atoms with E-state index in [1.54, 1.807) is 0 Å². The third-order valence-corrected chi connectivity index (χ3v) is 3.90. The van der Waals surface area contributed by atoms with E-state index in [1.807, 2.05) is 0 Å². The number of hydrogen-bond acceptors (Lipinski definition) is 4. The fourth-order valence-corrected chi connectivity index (χ4v) is 2.69. The van der Waals surface area contributed by atoms with E-state index in [1.165, 1.54) is 38.5 Å². The summed E-state index contributed by atoms with van der Waals surface area (Å²) < 4.78 is 32.0. The van der Waals surface area contributed by atoms with Gasteiger partial charge in [-0.1, -0.05) is 51.4 Å². The Morgan fingerprint density at radius 3 is 1.18 bits per heavy atom. The second-order valence-corrected chi connectivity index (χ2v) is 5.88. The highest BCUT2D eigenvalue weighted by atomic mass is 32.3. The Morgan fingerprint density at radius 1 is 0.529 bits per heavy atom. The van der Waals surface area contributed by atoms with E-state index in [0.717, 1.165) is 25.7 Å². The molecule has 1 saturated heterocycles. The zero-order valence-corrected chi connectivity index (χ0v) is 11.3. The van der Waals surface area contributed by atoms with Gasteiger partial charge in [0, 0.05) is 0 Å². The first kappa shape index (κ1) is 14.9. The monoisotopic (exact) mass is 264 g/mol. The molecule has 4 nitrogen and oxygen atoms in total. The van der Waals surface area contributed by atoms with Gasteiger partial charge < -0.3 is 0 Å². The molecule has 1 rings (SSSR count). The second-order valence-electron chi connectivity index (χ2n) is 4.59. The molecule has 0 bridgehead atoms. The molecule has 0 amide bonds. The molecule has 1 heterocycles. The predicted molar refractivity (Wildman–Crippen MR) is 67.0 cm³/mol. The topological polar surface area (TPSA) is 52.6 Å². The van der Waals surface area contributed by atoms with Crippen molar-refractivity contribution in [1.29, 1.82) is 0 Å². The normalized spacial score (nSPS) is 25.6. The van der Waals surface area contributed by atoms with E-state index in [4.69, 9.17) is 8.37 Å². The largest absolute Gasteiger partial charge is 0.399 e. The Balaban J connectivity index is 2.27. The van der Waals surface area contributed by atoms with Crippen LogP contribution in [0.15, 0.2) is 0 Å². The van der Waals surface area contributed by atoms with Gasteiger partial charge in [0.15, 0.2) is 0 Å². The molecule has 0 unspecified atom stereocenters. The smallest absolute Gasteiger partial charge is 0.248 e. The Bertz CT molecular complexity index is 252. The van der Waals surface area contributed by atoms with Crippen LogP contribution >= 0.6 is 0 Å². The molecule has 17 heavy (non-hydrogen) atoms. The zero-order chi connectivity index (χ0) is 12.4. The minimum atomic E-state index is -3.74. The van der Waals surface area contributed by atoms with Crippen molar-refractivity contribution in [2.75, 3.05) is 13.2 Å². The van der Waals surface area contributed by atoms with Gasteiger partial charge in [-0.3, -0.25) is 0 Å². The quantitative estimate of drug-likeness (QED) is 0.674. The van der Waals surface area contributed by atoms with Crippen LogP contribution in [0.2, 0.25) is 0 Å². The number of rotatable bonds is 0. The van der Waals surface area contributed by atoms with Gasteiger partial charge in [-0.05, 0) is 12.8 Å². The molecule has 0 N–H and O–H groups in total. The summed E-state index contributed by atoms with van der Waals surface area (Å²) in [6.07, 6.45) is 11.1. The second kappa shape index (κ2) is 8.89. The van der Waals surface area contributed by atoms with Crippen molar-refractivity contribution in [2.24, 2.45) is 0 Å². The van der Waals surface area contributed by atoms with E-state index < -0.39 is 10.4 Å². The van der Waals surface area contributed by atoms with Gasteiger partial charge in [0.25, 0.3) is 0 Å². The van der Waals surface area contributed by atoms with Crippen molar-refractivity contribution in [3.63, 3.8) is 0 Å². The minimum Gasteiger partial charge on any atom is -0.248 e. The molecule has 0 aliphatic carbocycles. The average Bonchev–Trinajstić information content (AvgIpc) is 2.29. The average molecular weight is 264 g/mol. The summed E-state index contributed by atoms with van der Waals surface area (Å²) in [5, 5.41) is 0. The Labute approximate surface area is 105 Å². The molecule has 1 fully saturated rings. The summed E-state index contributed by atoms with van der Waals surface area (Å²) in [6.45, 7) is 0.505. The Kier molecular flexibility index (Phi) is 7.81. The van der Waals surface area contributed by atoms with Crippen LogP contribution in [0.25, 0.3) is 0 Å². The molecular formula is C12H24O4S. The van der Waals surface area contributed by atoms with E-state index in [9.17, 15) is 8.42 Å². The first-order valence-electron chi connectivity index (χ1n) is 6.74. The molecule has 0 spiro atoms. The maximum atomic E-state index is 11.3. The highest BCUT2D eigenvalue weighted by Gasteiger charge is 2.11. The molecule has 0 radical (unpaired) electrons. The maximum Gasteiger partial charge on any atom is 0.399 e. The molecule has 5 heteroatoms. The highest BCUT2D eigenvalue weighted by Crippen LogP contribution is 2.12. The fourth-order valence-electron chi connectivity index (χ4n) is 1.97. The molecule has 0 aromatic carbocycles. The van der Waals surface area contributed by atoms with Crippen molar-refractivity contribution >= 4 is 10.4 Å². The van der Waals surface area contributed by atoms with E-state index in [2.05, 4.69) is 0 Å². The van der Waals surface area contributed by atoms with E-state index in [0.29, 0.717) is 0 Å². The van der Waals surface area contributed by atoms with Crippen molar-refractivity contribution in [3.8, 4) is 0 Å². The fraction of sp³-hybridized carbons (Fsp3) is 1.00. The molecule has 0 aromatic rings. The lowest BCUT2D eigenvalue weighted by atomic mass is 10.1. The van der Waals surface area contributed by atoms with Gasteiger partial charge in [-0.15, -0.1) is 0 Å². The van der Waals surface area contributed by atoms with Crippen molar-refractivity contribution in [1.82, 2.24) is 0 Å². The lowest BCUT2D eigenvalue weighted by molar-refractivity contribution is 0.208. The first-order valence-corrected chi connectivity index (χ1v) is 8.08. The van der Waals surface area contributed by atoms with Crippen molar-refractivity contribution < 1.29 is 16.8 Å². The first-order chi connectivity index (χ1) is 8.21. The van der Waals surface area contributed by atoms with Crippen LogP contribution in [-0.2, 0) is 18.8 Å². The Morgan fingerprint density at radius 2 is 0.824 bits per heavy atom. The summed E-state index contributed by atoms with van der Waals surface area (Å²) in [4.78, 5) is 0. The highest BCUT2D eigenvalue weighted by molar-refractivity contribution is 7.81. The van der Waals surface area contributed by atoms with Crippen LogP contribution in [0.3, 0.4) is 0 Å². The molecule has 1 aliphatic heterocycles. The lowest BCUT2D eigenvalue weighted by Crippen LogP contribution is -2.12. The standard InChI is InChI=1S/C12H24O4S/c13-17(14)15-11-9-7-5-3-1-2-4-6-8-10-12-16-17/h1-12H2. The van der Waals surface area contributed by atoms with Crippen molar-refractivity contribution in [3.05, 3.63) is 0 Å². The van der Waals surface area contributed by atoms with Gasteiger partial charge in [0.2, 0.25) is 0 Å². The molecular weight excluding hydrogens is 240 g/mol. The predicted octanol–water partition coefficient (Wildman–Crippen LogP) is 3.18. The van der Waals surface area contributed by atoms with Crippen LogP contribution in [0.4, 0.5) is 0 Å². The maximum absolute atomic E-state index is 11.3. The third kappa shape index (κ3) is 8.57. The number of hydrogen-bond donors (Lipinski definition) is 0. The molecule has 1 aliphatic rings. The van der Waals surface area contributed by atoms with Gasteiger partial charge >= 0.3 is 10.4 Å². The SMILES string of the molecule is O=S1(=O)OCCCCCCCCCCCCO1. The summed E-state index contributed by atoms with van der Waals surface area (Å²) in [5.74, 6) is 0. The minimum absolute atomic E-state index is 0.252. The zero-order valence-electron chi connectivity index (χ0n) is 10.5. The van der Waals surface area contributed by atoms with Crippen molar-refractivity contribution in [2.45, 2.75) is 64.2 Å². The van der Waals surface area contributed by atoms with Gasteiger partial charge in [-0.2, -0.15) is 8.42 Å². The van der Waals surface area contributed by atoms with Crippen LogP contribution < -0.4 is 0 Å². The van der Waals surface area contributed by atoms with Gasteiger partial charge in [0.05, 0.1) is 13.2 Å². The summed E-state index contributed by atoms with van der Waals surface area (Å²) in [5.41, 5.74) is 0. The van der Waals surface area contributed by atoms with E-state index in [-0.39, 0.29) is 13.2 Å². The van der Waals surface area contributed by atoms with Crippen LogP contribution in [-0.4, -0.2) is 21.6 Å².